The Labute approximate surface area is 104 Å². The molecule has 0 spiro atoms. The van der Waals surface area contributed by atoms with Gasteiger partial charge in [-0.2, -0.15) is 0 Å². The first-order chi connectivity index (χ1) is 8.01. The van der Waals surface area contributed by atoms with Crippen LogP contribution in [0.4, 0.5) is 0 Å². The molecule has 0 aliphatic carbocycles. The van der Waals surface area contributed by atoms with Crippen LogP contribution in [0.5, 0.6) is 11.5 Å². The number of hydrogen-bond donors (Lipinski definition) is 0. The van der Waals surface area contributed by atoms with Gasteiger partial charge in [0.05, 0.1) is 12.4 Å². The molecule has 1 heterocycles. The van der Waals surface area contributed by atoms with Gasteiger partial charge in [-0.15, -0.1) is 0 Å². The summed E-state index contributed by atoms with van der Waals surface area (Å²) >= 11 is 0. The van der Waals surface area contributed by atoms with Gasteiger partial charge < -0.3 is 14.2 Å². The summed E-state index contributed by atoms with van der Waals surface area (Å²) < 4.78 is 37.8. The number of methoxy groups -OCH3 is 1. The number of ether oxygens (including phenoxy) is 3. The maximum atomic E-state index is 11.2. The molecule has 1 aliphatic rings. The maximum Gasteiger partial charge on any atom is 0.236 e. The molecule has 0 saturated heterocycles. The Bertz CT molecular complexity index is 526. The molecule has 2 rings (SSSR count). The molecular weight excluding hydrogens is 268 g/mol. The van der Waals surface area contributed by atoms with Gasteiger partial charge >= 0.3 is 0 Å². The van der Waals surface area contributed by atoms with Crippen LogP contribution in [0.15, 0.2) is 12.1 Å². The Morgan fingerprint density at radius 1 is 1.41 bits per heavy atom. The molecule has 5 nitrogen and oxygen atoms in total. The minimum atomic E-state index is -3.66. The van der Waals surface area contributed by atoms with Gasteiger partial charge in [0.15, 0.2) is 11.5 Å². The van der Waals surface area contributed by atoms with Gasteiger partial charge in [0.1, 0.15) is 0 Å². The highest BCUT2D eigenvalue weighted by atomic mass is 35.7. The molecule has 7 heteroatoms. The summed E-state index contributed by atoms with van der Waals surface area (Å²) in [5, 5.41) is 0. The summed E-state index contributed by atoms with van der Waals surface area (Å²) in [5.74, 6) is 0.656. The summed E-state index contributed by atoms with van der Waals surface area (Å²) in [6.45, 7) is 0.374. The van der Waals surface area contributed by atoms with E-state index in [1.54, 1.807) is 12.1 Å². The molecule has 0 atom stereocenters. The summed E-state index contributed by atoms with van der Waals surface area (Å²) in [5.41, 5.74) is 1.22. The quantitative estimate of drug-likeness (QED) is 0.784. The van der Waals surface area contributed by atoms with E-state index in [-0.39, 0.29) is 12.5 Å². The van der Waals surface area contributed by atoms with Crippen LogP contribution in [0.1, 0.15) is 11.1 Å². The lowest BCUT2D eigenvalue weighted by atomic mass is 10.1. The molecule has 0 radical (unpaired) electrons. The van der Waals surface area contributed by atoms with Crippen molar-refractivity contribution in [2.45, 2.75) is 12.4 Å². The molecule has 17 heavy (non-hydrogen) atoms. The standard InChI is InChI=1S/C10H11ClO5S/c1-14-4-7-2-3-9-10(16-6-15-9)8(7)5-17(11,12)13/h2-3H,4-6H2,1H3. The zero-order chi connectivity index (χ0) is 12.5. The summed E-state index contributed by atoms with van der Waals surface area (Å²) in [4.78, 5) is 0. The second-order valence-corrected chi connectivity index (χ2v) is 6.33. The highest BCUT2D eigenvalue weighted by Gasteiger charge is 2.23. The fraction of sp³-hybridized carbons (Fsp3) is 0.400. The van der Waals surface area contributed by atoms with Crippen molar-refractivity contribution in [2.24, 2.45) is 0 Å². The largest absolute Gasteiger partial charge is 0.454 e. The van der Waals surface area contributed by atoms with Crippen LogP contribution >= 0.6 is 10.7 Å². The number of hydrogen-bond acceptors (Lipinski definition) is 5. The normalized spacial score (nSPS) is 14.0. The van der Waals surface area contributed by atoms with Crippen molar-refractivity contribution in [1.82, 2.24) is 0 Å². The maximum absolute atomic E-state index is 11.2. The van der Waals surface area contributed by atoms with Gasteiger partial charge in [-0.1, -0.05) is 6.07 Å². The van der Waals surface area contributed by atoms with E-state index in [0.29, 0.717) is 23.7 Å². The molecular formula is C10H11ClO5S. The van der Waals surface area contributed by atoms with Crippen LogP contribution in [-0.4, -0.2) is 22.3 Å². The predicted molar refractivity (Wildman–Crippen MR) is 61.8 cm³/mol. The van der Waals surface area contributed by atoms with Crippen molar-refractivity contribution in [3.05, 3.63) is 23.3 Å². The first kappa shape index (κ1) is 12.5. The van der Waals surface area contributed by atoms with E-state index in [4.69, 9.17) is 24.9 Å². The van der Waals surface area contributed by atoms with Gasteiger partial charge in [-0.05, 0) is 11.6 Å². The monoisotopic (exact) mass is 278 g/mol. The molecule has 0 amide bonds. The van der Waals surface area contributed by atoms with E-state index in [1.165, 1.54) is 7.11 Å². The van der Waals surface area contributed by atoms with Crippen LogP contribution in [-0.2, 0) is 26.1 Å². The van der Waals surface area contributed by atoms with Gasteiger partial charge in [-0.3, -0.25) is 0 Å². The zero-order valence-corrected chi connectivity index (χ0v) is 10.7. The van der Waals surface area contributed by atoms with Gasteiger partial charge in [0, 0.05) is 23.4 Å². The lowest BCUT2D eigenvalue weighted by molar-refractivity contribution is 0.172. The SMILES string of the molecule is COCc1ccc2c(c1CS(=O)(=O)Cl)OCO2. The van der Waals surface area contributed by atoms with Crippen molar-refractivity contribution in [2.75, 3.05) is 13.9 Å². The second-order valence-electron chi connectivity index (χ2n) is 3.55. The topological polar surface area (TPSA) is 61.8 Å². The molecule has 0 N–H and O–H groups in total. The minimum absolute atomic E-state index is 0.0844. The first-order valence-electron chi connectivity index (χ1n) is 4.83. The predicted octanol–water partition coefficient (Wildman–Crippen LogP) is 1.63. The van der Waals surface area contributed by atoms with Crippen molar-refractivity contribution in [3.63, 3.8) is 0 Å². The Hall–Kier alpha value is -0.980. The third-order valence-corrected chi connectivity index (χ3v) is 3.32. The van der Waals surface area contributed by atoms with Crippen LogP contribution < -0.4 is 9.47 Å². The van der Waals surface area contributed by atoms with E-state index in [2.05, 4.69) is 0 Å². The molecule has 0 fully saturated rings. The number of rotatable bonds is 4. The van der Waals surface area contributed by atoms with Crippen molar-refractivity contribution >= 4 is 19.7 Å². The second kappa shape index (κ2) is 4.72. The van der Waals surface area contributed by atoms with Crippen molar-refractivity contribution in [3.8, 4) is 11.5 Å². The average Bonchev–Trinajstić information content (AvgIpc) is 2.68. The molecule has 0 aromatic heterocycles. The molecule has 1 aromatic carbocycles. The number of fused-ring (bicyclic) bond motifs is 1. The van der Waals surface area contributed by atoms with Gasteiger partial charge in [0.25, 0.3) is 0 Å². The summed E-state index contributed by atoms with van der Waals surface area (Å²) in [6, 6.07) is 3.47. The zero-order valence-electron chi connectivity index (χ0n) is 9.10. The highest BCUT2D eigenvalue weighted by Crippen LogP contribution is 2.39. The molecule has 1 aliphatic heterocycles. The van der Waals surface area contributed by atoms with E-state index in [9.17, 15) is 8.42 Å². The Balaban J connectivity index is 2.48. The number of halogens is 1. The molecule has 0 bridgehead atoms. The van der Waals surface area contributed by atoms with Crippen LogP contribution in [0.2, 0.25) is 0 Å². The van der Waals surface area contributed by atoms with E-state index in [0.717, 1.165) is 5.56 Å². The third-order valence-electron chi connectivity index (χ3n) is 2.36. The van der Waals surface area contributed by atoms with E-state index in [1.807, 2.05) is 0 Å². The molecule has 94 valence electrons. The highest BCUT2D eigenvalue weighted by molar-refractivity contribution is 8.13. The average molecular weight is 279 g/mol. The molecule has 1 aromatic rings. The van der Waals surface area contributed by atoms with E-state index < -0.39 is 9.05 Å². The first-order valence-corrected chi connectivity index (χ1v) is 7.31. The van der Waals surface area contributed by atoms with E-state index >= 15 is 0 Å². The fourth-order valence-corrected chi connectivity index (χ4v) is 2.68. The Morgan fingerprint density at radius 3 is 2.82 bits per heavy atom. The van der Waals surface area contributed by atoms with Crippen molar-refractivity contribution in [1.29, 1.82) is 0 Å². The smallest absolute Gasteiger partial charge is 0.236 e. The van der Waals surface area contributed by atoms with Gasteiger partial charge in [-0.25, -0.2) is 8.42 Å². The number of benzene rings is 1. The van der Waals surface area contributed by atoms with Crippen LogP contribution in [0.25, 0.3) is 0 Å². The Morgan fingerprint density at radius 2 is 2.18 bits per heavy atom. The fourth-order valence-electron chi connectivity index (χ4n) is 1.69. The molecule has 0 saturated carbocycles. The Kier molecular flexibility index (Phi) is 3.46. The minimum Gasteiger partial charge on any atom is -0.454 e. The van der Waals surface area contributed by atoms with Crippen LogP contribution in [0, 0.1) is 0 Å². The lowest BCUT2D eigenvalue weighted by Crippen LogP contribution is -2.03. The molecule has 0 unspecified atom stereocenters. The third kappa shape index (κ3) is 2.83. The summed E-state index contributed by atoms with van der Waals surface area (Å²) in [6.07, 6.45) is 0. The summed E-state index contributed by atoms with van der Waals surface area (Å²) in [7, 11) is 3.15. The van der Waals surface area contributed by atoms with Gasteiger partial charge in [0.2, 0.25) is 15.8 Å². The van der Waals surface area contributed by atoms with Crippen LogP contribution in [0.3, 0.4) is 0 Å². The van der Waals surface area contributed by atoms with Crippen molar-refractivity contribution < 1.29 is 22.6 Å². The lowest BCUT2D eigenvalue weighted by Gasteiger charge is -2.10.